The van der Waals surface area contributed by atoms with Gasteiger partial charge in [-0.2, -0.15) is 0 Å². The molecule has 1 atom stereocenters. The van der Waals surface area contributed by atoms with Gasteiger partial charge in [-0.1, -0.05) is 13.8 Å². The lowest BCUT2D eigenvalue weighted by Gasteiger charge is -2.33. The molecule has 0 aromatic carbocycles. The molecular weight excluding hydrogens is 212 g/mol. The van der Waals surface area contributed by atoms with Crippen molar-refractivity contribution in [2.75, 3.05) is 27.7 Å². The van der Waals surface area contributed by atoms with Gasteiger partial charge < -0.3 is 15.0 Å². The third-order valence-corrected chi connectivity index (χ3v) is 4.06. The number of hydrogen-bond acceptors (Lipinski definition) is 3. The minimum Gasteiger partial charge on any atom is -0.381 e. The molecule has 0 aromatic rings. The van der Waals surface area contributed by atoms with Gasteiger partial charge in [0.25, 0.3) is 0 Å². The highest BCUT2D eigenvalue weighted by Crippen LogP contribution is 2.20. The molecule has 0 amide bonds. The third kappa shape index (κ3) is 4.94. The molecule has 0 heterocycles. The lowest BCUT2D eigenvalue weighted by Crippen LogP contribution is -2.46. The SMILES string of the molecule is COC1CCC(NCC(C(C)C)N(C)C)CC1. The van der Waals surface area contributed by atoms with Crippen molar-refractivity contribution in [2.45, 2.75) is 57.7 Å². The number of rotatable bonds is 6. The first-order valence-corrected chi connectivity index (χ1v) is 6.97. The van der Waals surface area contributed by atoms with E-state index in [0.29, 0.717) is 24.1 Å². The van der Waals surface area contributed by atoms with Gasteiger partial charge in [0.1, 0.15) is 0 Å². The van der Waals surface area contributed by atoms with Crippen LogP contribution in [0.4, 0.5) is 0 Å². The molecule has 0 aromatic heterocycles. The number of nitrogens with zero attached hydrogens (tertiary/aromatic N) is 1. The van der Waals surface area contributed by atoms with E-state index in [1.165, 1.54) is 25.7 Å². The average molecular weight is 242 g/mol. The standard InChI is InChI=1S/C14H30N2O/c1-11(2)14(16(3)4)10-15-12-6-8-13(17-5)9-7-12/h11-15H,6-10H2,1-5H3. The maximum atomic E-state index is 5.41. The van der Waals surface area contributed by atoms with Gasteiger partial charge in [-0.05, 0) is 45.7 Å². The number of methoxy groups -OCH3 is 1. The first-order chi connectivity index (χ1) is 8.04. The molecule has 1 unspecified atom stereocenters. The summed E-state index contributed by atoms with van der Waals surface area (Å²) < 4.78 is 5.41. The monoisotopic (exact) mass is 242 g/mol. The van der Waals surface area contributed by atoms with E-state index in [9.17, 15) is 0 Å². The van der Waals surface area contributed by atoms with Crippen LogP contribution < -0.4 is 5.32 Å². The summed E-state index contributed by atoms with van der Waals surface area (Å²) in [6.45, 7) is 5.70. The van der Waals surface area contributed by atoms with Crippen LogP contribution in [0.2, 0.25) is 0 Å². The van der Waals surface area contributed by atoms with Crippen LogP contribution in [-0.4, -0.2) is 50.8 Å². The predicted octanol–water partition coefficient (Wildman–Crippen LogP) is 2.12. The van der Waals surface area contributed by atoms with Crippen LogP contribution in [0, 0.1) is 5.92 Å². The third-order valence-electron chi connectivity index (χ3n) is 4.06. The fourth-order valence-electron chi connectivity index (χ4n) is 2.80. The highest BCUT2D eigenvalue weighted by atomic mass is 16.5. The molecule has 0 saturated heterocycles. The minimum atomic E-state index is 0.503. The van der Waals surface area contributed by atoms with Crippen molar-refractivity contribution in [1.82, 2.24) is 10.2 Å². The summed E-state index contributed by atoms with van der Waals surface area (Å²) in [4.78, 5) is 2.33. The number of ether oxygens (including phenoxy) is 1. The summed E-state index contributed by atoms with van der Waals surface area (Å²) in [7, 11) is 6.18. The largest absolute Gasteiger partial charge is 0.381 e. The first-order valence-electron chi connectivity index (χ1n) is 6.97. The van der Waals surface area contributed by atoms with Crippen LogP contribution in [0.1, 0.15) is 39.5 Å². The molecule has 0 bridgehead atoms. The molecular formula is C14H30N2O. The van der Waals surface area contributed by atoms with Crippen molar-refractivity contribution in [3.8, 4) is 0 Å². The summed E-state index contributed by atoms with van der Waals surface area (Å²) in [5.41, 5.74) is 0. The summed E-state index contributed by atoms with van der Waals surface area (Å²) in [6.07, 6.45) is 5.45. The summed E-state index contributed by atoms with van der Waals surface area (Å²) in [6, 6.07) is 1.33. The van der Waals surface area contributed by atoms with Crippen molar-refractivity contribution in [1.29, 1.82) is 0 Å². The molecule has 0 aliphatic heterocycles. The van der Waals surface area contributed by atoms with Crippen molar-refractivity contribution < 1.29 is 4.74 Å². The molecule has 3 heteroatoms. The Labute approximate surface area is 107 Å². The van der Waals surface area contributed by atoms with Crippen molar-refractivity contribution >= 4 is 0 Å². The molecule has 1 rings (SSSR count). The lowest BCUT2D eigenvalue weighted by atomic mass is 9.92. The first kappa shape index (κ1) is 14.9. The van der Waals surface area contributed by atoms with Crippen LogP contribution in [0.15, 0.2) is 0 Å². The van der Waals surface area contributed by atoms with Gasteiger partial charge >= 0.3 is 0 Å². The Balaban J connectivity index is 2.26. The van der Waals surface area contributed by atoms with Crippen LogP contribution in [0.5, 0.6) is 0 Å². The molecule has 1 aliphatic rings. The molecule has 0 spiro atoms. The average Bonchev–Trinajstić information content (AvgIpc) is 2.29. The van der Waals surface area contributed by atoms with Crippen LogP contribution in [0.25, 0.3) is 0 Å². The van der Waals surface area contributed by atoms with Crippen molar-refractivity contribution in [3.63, 3.8) is 0 Å². The maximum Gasteiger partial charge on any atom is 0.0572 e. The Hall–Kier alpha value is -0.120. The zero-order valence-corrected chi connectivity index (χ0v) is 12.2. The predicted molar refractivity (Wildman–Crippen MR) is 73.4 cm³/mol. The number of nitrogens with one attached hydrogen (secondary N) is 1. The van der Waals surface area contributed by atoms with Gasteiger partial charge in [-0.3, -0.25) is 0 Å². The molecule has 1 aliphatic carbocycles. The summed E-state index contributed by atoms with van der Waals surface area (Å²) in [5, 5.41) is 3.73. The zero-order valence-electron chi connectivity index (χ0n) is 12.2. The van der Waals surface area contributed by atoms with E-state index in [-0.39, 0.29) is 0 Å². The maximum absolute atomic E-state index is 5.41. The van der Waals surface area contributed by atoms with E-state index < -0.39 is 0 Å². The molecule has 17 heavy (non-hydrogen) atoms. The Bertz CT molecular complexity index is 190. The molecule has 1 N–H and O–H groups in total. The fourth-order valence-corrected chi connectivity index (χ4v) is 2.80. The van der Waals surface area contributed by atoms with Gasteiger partial charge in [-0.15, -0.1) is 0 Å². The topological polar surface area (TPSA) is 24.5 Å². The molecule has 0 radical (unpaired) electrons. The molecule has 1 saturated carbocycles. The molecule has 3 nitrogen and oxygen atoms in total. The van der Waals surface area contributed by atoms with Crippen molar-refractivity contribution in [2.24, 2.45) is 5.92 Å². The Morgan fingerprint density at radius 2 is 1.76 bits per heavy atom. The van der Waals surface area contributed by atoms with Gasteiger partial charge in [0.15, 0.2) is 0 Å². The van der Waals surface area contributed by atoms with Crippen LogP contribution in [-0.2, 0) is 4.74 Å². The highest BCUT2D eigenvalue weighted by molar-refractivity contribution is 4.80. The second-order valence-electron chi connectivity index (χ2n) is 5.89. The minimum absolute atomic E-state index is 0.503. The summed E-state index contributed by atoms with van der Waals surface area (Å²) in [5.74, 6) is 0.702. The molecule has 102 valence electrons. The van der Waals surface area contributed by atoms with E-state index in [2.05, 4.69) is 38.2 Å². The fraction of sp³-hybridized carbons (Fsp3) is 1.00. The van der Waals surface area contributed by atoms with E-state index in [0.717, 1.165) is 6.54 Å². The lowest BCUT2D eigenvalue weighted by molar-refractivity contribution is 0.0612. The Morgan fingerprint density at radius 3 is 2.18 bits per heavy atom. The zero-order chi connectivity index (χ0) is 12.8. The Morgan fingerprint density at radius 1 is 1.18 bits per heavy atom. The second kappa shape index (κ2) is 7.34. The van der Waals surface area contributed by atoms with Crippen LogP contribution in [0.3, 0.4) is 0 Å². The van der Waals surface area contributed by atoms with E-state index in [1.54, 1.807) is 0 Å². The second-order valence-corrected chi connectivity index (χ2v) is 5.89. The molecule has 1 fully saturated rings. The van der Waals surface area contributed by atoms with Gasteiger partial charge in [0, 0.05) is 25.7 Å². The number of likely N-dealkylation sites (N-methyl/N-ethyl adjacent to an activating group) is 1. The van der Waals surface area contributed by atoms with Crippen LogP contribution >= 0.6 is 0 Å². The normalized spacial score (nSPS) is 27.7. The smallest absolute Gasteiger partial charge is 0.0572 e. The van der Waals surface area contributed by atoms with Gasteiger partial charge in [0.2, 0.25) is 0 Å². The summed E-state index contributed by atoms with van der Waals surface area (Å²) >= 11 is 0. The quantitative estimate of drug-likeness (QED) is 0.772. The van der Waals surface area contributed by atoms with Gasteiger partial charge in [-0.25, -0.2) is 0 Å². The number of hydrogen-bond donors (Lipinski definition) is 1. The highest BCUT2D eigenvalue weighted by Gasteiger charge is 2.22. The van der Waals surface area contributed by atoms with E-state index in [1.807, 2.05) is 7.11 Å². The van der Waals surface area contributed by atoms with Gasteiger partial charge in [0.05, 0.1) is 6.10 Å². The van der Waals surface area contributed by atoms with Crippen molar-refractivity contribution in [3.05, 3.63) is 0 Å². The van der Waals surface area contributed by atoms with E-state index in [4.69, 9.17) is 4.74 Å². The Kier molecular flexibility index (Phi) is 6.45. The van der Waals surface area contributed by atoms with E-state index >= 15 is 0 Å².